The highest BCUT2D eigenvalue weighted by molar-refractivity contribution is 7.89. The zero-order chi connectivity index (χ0) is 20.1. The maximum atomic E-state index is 13.9. The second-order valence-electron chi connectivity index (χ2n) is 9.82. The maximum Gasteiger partial charge on any atom is 0.244 e. The van der Waals surface area contributed by atoms with Gasteiger partial charge >= 0.3 is 0 Å². The van der Waals surface area contributed by atoms with Crippen molar-refractivity contribution in [3.8, 4) is 0 Å². The van der Waals surface area contributed by atoms with Gasteiger partial charge in [-0.2, -0.15) is 4.72 Å². The normalized spacial score (nSPS) is 40.4. The smallest absolute Gasteiger partial charge is 0.244 e. The lowest BCUT2D eigenvalue weighted by Gasteiger charge is -2.81. The van der Waals surface area contributed by atoms with Gasteiger partial charge in [-0.15, -0.1) is 0 Å². The van der Waals surface area contributed by atoms with Crippen LogP contribution in [0.15, 0.2) is 29.2 Å². The zero-order valence-corrected chi connectivity index (χ0v) is 16.7. The molecule has 152 valence electrons. The number of amides is 1. The summed E-state index contributed by atoms with van der Waals surface area (Å²) < 4.78 is 41.5. The molecule has 1 aromatic rings. The molecule has 5 fully saturated rings. The zero-order valence-electron chi connectivity index (χ0n) is 15.9. The van der Waals surface area contributed by atoms with Crippen molar-refractivity contribution in [3.05, 3.63) is 30.1 Å². The van der Waals surface area contributed by atoms with Gasteiger partial charge in [-0.3, -0.25) is 4.79 Å². The van der Waals surface area contributed by atoms with Crippen LogP contribution in [0.1, 0.15) is 39.5 Å². The fraction of sp³-hybridized carbons (Fsp3) is 0.650. The highest BCUT2D eigenvalue weighted by Crippen LogP contribution is 2.80. The van der Waals surface area contributed by atoms with Crippen LogP contribution in [0.4, 0.5) is 4.39 Å². The van der Waals surface area contributed by atoms with Gasteiger partial charge < -0.3 is 10.4 Å². The number of carbonyl (C=O) groups is 1. The highest BCUT2D eigenvalue weighted by atomic mass is 32.2. The Morgan fingerprint density at radius 1 is 1.25 bits per heavy atom. The molecule has 4 atom stereocenters. The van der Waals surface area contributed by atoms with Gasteiger partial charge in [-0.05, 0) is 74.8 Å². The number of hydrogen-bond donors (Lipinski definition) is 3. The average Bonchev–Trinajstić information content (AvgIpc) is 2.53. The molecule has 1 aromatic carbocycles. The third kappa shape index (κ3) is 2.31. The Morgan fingerprint density at radius 3 is 2.57 bits per heavy atom. The molecule has 5 aliphatic rings. The van der Waals surface area contributed by atoms with Gasteiger partial charge in [0.05, 0.1) is 5.60 Å². The first-order chi connectivity index (χ1) is 13.0. The third-order valence-electron chi connectivity index (χ3n) is 7.60. The lowest BCUT2D eigenvalue weighted by Crippen LogP contribution is -2.83. The molecule has 8 heteroatoms. The summed E-state index contributed by atoms with van der Waals surface area (Å²) in [5, 5.41) is 13.6. The molecule has 1 spiro atoms. The number of aliphatic hydroxyl groups is 1. The van der Waals surface area contributed by atoms with Crippen LogP contribution in [-0.2, 0) is 14.8 Å². The van der Waals surface area contributed by atoms with Crippen LogP contribution in [0.3, 0.4) is 0 Å². The molecular formula is C20H25FN2O4S. The summed E-state index contributed by atoms with van der Waals surface area (Å²) in [5.41, 5.74) is -1.68. The largest absolute Gasteiger partial charge is 0.390 e. The molecule has 0 aliphatic heterocycles. The van der Waals surface area contributed by atoms with E-state index in [1.54, 1.807) is 0 Å². The molecule has 28 heavy (non-hydrogen) atoms. The molecule has 0 saturated heterocycles. The Balaban J connectivity index is 1.31. The molecule has 1 amide bonds. The van der Waals surface area contributed by atoms with Crippen molar-refractivity contribution >= 4 is 15.9 Å². The molecule has 6 rings (SSSR count). The molecule has 5 aliphatic carbocycles. The van der Waals surface area contributed by atoms with E-state index in [2.05, 4.69) is 10.0 Å². The predicted molar refractivity (Wildman–Crippen MR) is 99.1 cm³/mol. The molecule has 6 nitrogen and oxygen atoms in total. The number of nitrogens with one attached hydrogen (secondary N) is 2. The summed E-state index contributed by atoms with van der Waals surface area (Å²) >= 11 is 0. The molecule has 3 N–H and O–H groups in total. The number of halogens is 1. The van der Waals surface area contributed by atoms with E-state index in [9.17, 15) is 22.7 Å². The van der Waals surface area contributed by atoms with Crippen LogP contribution < -0.4 is 10.0 Å². The van der Waals surface area contributed by atoms with Crippen LogP contribution in [0.5, 0.6) is 0 Å². The molecule has 0 radical (unpaired) electrons. The van der Waals surface area contributed by atoms with E-state index in [0.717, 1.165) is 25.3 Å². The van der Waals surface area contributed by atoms with Crippen LogP contribution in [0.25, 0.3) is 0 Å². The van der Waals surface area contributed by atoms with Crippen LogP contribution >= 0.6 is 0 Å². The van der Waals surface area contributed by atoms with Crippen molar-refractivity contribution in [2.24, 2.45) is 23.2 Å². The van der Waals surface area contributed by atoms with E-state index in [1.807, 2.05) is 0 Å². The minimum absolute atomic E-state index is 0.0304. The van der Waals surface area contributed by atoms with Gasteiger partial charge in [-0.25, -0.2) is 12.8 Å². The summed E-state index contributed by atoms with van der Waals surface area (Å²) in [4.78, 5) is 12.5. The second-order valence-corrected chi connectivity index (χ2v) is 11.5. The number of carbonyl (C=O) groups excluding carboxylic acids is 1. The van der Waals surface area contributed by atoms with Gasteiger partial charge in [0.2, 0.25) is 15.9 Å². The number of rotatable bonds is 5. The van der Waals surface area contributed by atoms with E-state index >= 15 is 0 Å². The fourth-order valence-corrected chi connectivity index (χ4v) is 8.12. The molecule has 0 heterocycles. The molecule has 4 unspecified atom stereocenters. The van der Waals surface area contributed by atoms with Crippen LogP contribution in [-0.4, -0.2) is 36.6 Å². The second kappa shape index (κ2) is 5.34. The molecular weight excluding hydrogens is 383 g/mol. The number of sulfonamides is 1. The monoisotopic (exact) mass is 408 g/mol. The van der Waals surface area contributed by atoms with E-state index in [4.69, 9.17) is 0 Å². The van der Waals surface area contributed by atoms with Crippen molar-refractivity contribution < 1.29 is 22.7 Å². The minimum atomic E-state index is -4.19. The SMILES string of the molecule is CC(C)(NS(=O)(=O)c1ccccc1F)C(=O)NC1C2CC3(C2)CC2(O)CC1C23. The van der Waals surface area contributed by atoms with Gasteiger partial charge in [-0.1, -0.05) is 12.1 Å². The lowest BCUT2D eigenvalue weighted by atomic mass is 9.25. The van der Waals surface area contributed by atoms with Crippen molar-refractivity contribution in [2.45, 2.75) is 61.6 Å². The molecule has 2 bridgehead atoms. The third-order valence-corrected chi connectivity index (χ3v) is 9.29. The average molecular weight is 408 g/mol. The summed E-state index contributed by atoms with van der Waals surface area (Å²) in [6, 6.07) is 5.06. The maximum absolute atomic E-state index is 13.9. The highest BCUT2D eigenvalue weighted by Gasteiger charge is 2.80. The van der Waals surface area contributed by atoms with E-state index in [0.29, 0.717) is 17.8 Å². The first kappa shape index (κ1) is 18.5. The van der Waals surface area contributed by atoms with Crippen molar-refractivity contribution in [1.82, 2.24) is 10.0 Å². The molecule has 5 saturated carbocycles. The van der Waals surface area contributed by atoms with Crippen LogP contribution in [0.2, 0.25) is 0 Å². The van der Waals surface area contributed by atoms with Gasteiger partial charge in [0, 0.05) is 6.04 Å². The standard InChI is InChI=1S/C20H25FN2O4S/c1-18(2,23-28(26,27)14-6-4-3-5-13(14)21)17(24)22-15-11-7-19(8-11)10-20(25)9-12(15)16(19)20/h3-6,11-12,15-16,23,25H,7-10H2,1-2H3,(H,22,24). The summed E-state index contributed by atoms with van der Waals surface area (Å²) in [5.74, 6) is -0.341. The summed E-state index contributed by atoms with van der Waals surface area (Å²) in [7, 11) is -4.19. The van der Waals surface area contributed by atoms with Gasteiger partial charge in [0.1, 0.15) is 16.3 Å². The Morgan fingerprint density at radius 2 is 1.93 bits per heavy atom. The Labute approximate surface area is 163 Å². The number of hydrogen-bond acceptors (Lipinski definition) is 4. The lowest BCUT2D eigenvalue weighted by molar-refractivity contribution is -0.364. The Bertz CT molecular complexity index is 972. The van der Waals surface area contributed by atoms with Crippen molar-refractivity contribution in [3.63, 3.8) is 0 Å². The van der Waals surface area contributed by atoms with Crippen LogP contribution in [0, 0.1) is 29.0 Å². The first-order valence-corrected chi connectivity index (χ1v) is 11.3. The van der Waals surface area contributed by atoms with Crippen molar-refractivity contribution in [1.29, 1.82) is 0 Å². The van der Waals surface area contributed by atoms with E-state index in [1.165, 1.54) is 32.0 Å². The Hall–Kier alpha value is -1.51. The fourth-order valence-electron chi connectivity index (χ4n) is 6.66. The summed E-state index contributed by atoms with van der Waals surface area (Å²) in [6.07, 6.45) is 3.67. The molecule has 0 aromatic heterocycles. The van der Waals surface area contributed by atoms with Gasteiger partial charge in [0.15, 0.2) is 0 Å². The first-order valence-electron chi connectivity index (χ1n) is 9.79. The quantitative estimate of drug-likeness (QED) is 0.689. The van der Waals surface area contributed by atoms with E-state index in [-0.39, 0.29) is 17.9 Å². The summed E-state index contributed by atoms with van der Waals surface area (Å²) in [6.45, 7) is 2.96. The minimum Gasteiger partial charge on any atom is -0.390 e. The number of benzene rings is 1. The van der Waals surface area contributed by atoms with Crippen molar-refractivity contribution in [2.75, 3.05) is 0 Å². The van der Waals surface area contributed by atoms with Gasteiger partial charge in [0.25, 0.3) is 0 Å². The Kier molecular flexibility index (Phi) is 3.53. The predicted octanol–water partition coefficient (Wildman–Crippen LogP) is 1.55. The van der Waals surface area contributed by atoms with E-state index < -0.39 is 37.8 Å². The topological polar surface area (TPSA) is 95.5 Å².